The molecular weight excluding hydrogens is 501 g/mol. The smallest absolute Gasteiger partial charge is 0.305 e. The van der Waals surface area contributed by atoms with E-state index >= 15 is 0 Å². The molecule has 0 fully saturated rings. The van der Waals surface area contributed by atoms with Crippen LogP contribution in [0.1, 0.15) is 70.6 Å². The molecule has 38 heavy (non-hydrogen) atoms. The van der Waals surface area contributed by atoms with Gasteiger partial charge in [0.1, 0.15) is 5.82 Å². The van der Waals surface area contributed by atoms with E-state index in [4.69, 9.17) is 16.7 Å². The van der Waals surface area contributed by atoms with Gasteiger partial charge in [0.15, 0.2) is 0 Å². The van der Waals surface area contributed by atoms with Crippen LogP contribution in [0.4, 0.5) is 4.39 Å². The molecule has 4 aromatic carbocycles. The highest BCUT2D eigenvalue weighted by Gasteiger charge is 2.27. The summed E-state index contributed by atoms with van der Waals surface area (Å²) in [5, 5.41) is 13.6. The number of aryl methyl sites for hydroxylation is 1. The predicted octanol–water partition coefficient (Wildman–Crippen LogP) is 7.86. The normalized spacial score (nSPS) is 12.7. The van der Waals surface area contributed by atoms with Gasteiger partial charge in [0, 0.05) is 28.4 Å². The number of amides is 1. The molecule has 0 aromatic heterocycles. The number of hydrogen-bond acceptors (Lipinski definition) is 2. The molecule has 0 aliphatic carbocycles. The molecule has 0 aliphatic rings. The van der Waals surface area contributed by atoms with Gasteiger partial charge < -0.3 is 10.4 Å². The number of hydrogen-bond donors (Lipinski definition) is 2. The van der Waals surface area contributed by atoms with Gasteiger partial charge in [0.2, 0.25) is 0 Å². The molecular formula is C32H31ClFNO3. The fraction of sp³-hybridized carbons (Fsp3) is 0.250. The topological polar surface area (TPSA) is 66.4 Å². The first-order valence-electron chi connectivity index (χ1n) is 12.8. The van der Waals surface area contributed by atoms with E-state index in [0.29, 0.717) is 21.5 Å². The predicted molar refractivity (Wildman–Crippen MR) is 151 cm³/mol. The first-order chi connectivity index (χ1) is 18.3. The largest absolute Gasteiger partial charge is 0.481 e. The number of rotatable bonds is 10. The van der Waals surface area contributed by atoms with Gasteiger partial charge >= 0.3 is 5.97 Å². The van der Waals surface area contributed by atoms with E-state index in [2.05, 4.69) is 18.3 Å². The monoisotopic (exact) mass is 531 g/mol. The minimum atomic E-state index is -0.956. The van der Waals surface area contributed by atoms with Crippen molar-refractivity contribution in [2.45, 2.75) is 44.9 Å². The van der Waals surface area contributed by atoms with Crippen molar-refractivity contribution in [1.29, 1.82) is 0 Å². The van der Waals surface area contributed by atoms with Crippen molar-refractivity contribution in [2.24, 2.45) is 0 Å². The quantitative estimate of drug-likeness (QED) is 0.219. The van der Waals surface area contributed by atoms with Crippen molar-refractivity contribution >= 4 is 34.2 Å². The molecule has 0 bridgehead atoms. The molecule has 2 N–H and O–H groups in total. The highest BCUT2D eigenvalue weighted by atomic mass is 35.5. The molecule has 0 radical (unpaired) electrons. The maximum atomic E-state index is 14.8. The standard InChI is InChI=1S/C32H31ClFNO3/c1-3-4-27(21-7-9-23(10-8-21)32(38)35-18-17-29(36)37)30(22-11-14-26(33)15-12-22)25-13-16-28-24(19-25)6-5-20(2)31(28)34/h5-16,19,27,30H,3-4,17-18H2,1-2H3,(H,35,38)(H,36,37). The second kappa shape index (κ2) is 12.2. The zero-order chi connectivity index (χ0) is 27.2. The summed E-state index contributed by atoms with van der Waals surface area (Å²) in [5.74, 6) is -1.37. The van der Waals surface area contributed by atoms with Crippen molar-refractivity contribution in [3.8, 4) is 0 Å². The zero-order valence-corrected chi connectivity index (χ0v) is 22.3. The van der Waals surface area contributed by atoms with Crippen molar-refractivity contribution in [3.63, 3.8) is 0 Å². The molecule has 4 rings (SSSR count). The van der Waals surface area contributed by atoms with Crippen molar-refractivity contribution in [1.82, 2.24) is 5.32 Å². The maximum Gasteiger partial charge on any atom is 0.305 e. The molecule has 2 atom stereocenters. The third-order valence-corrected chi connectivity index (χ3v) is 7.24. The summed E-state index contributed by atoms with van der Waals surface area (Å²) in [6.07, 6.45) is 1.73. The Morgan fingerprint density at radius 3 is 2.24 bits per heavy atom. The van der Waals surface area contributed by atoms with Gasteiger partial charge in [-0.25, -0.2) is 4.39 Å². The van der Waals surface area contributed by atoms with Crippen LogP contribution in [0.25, 0.3) is 10.8 Å². The van der Waals surface area contributed by atoms with E-state index in [1.165, 1.54) is 0 Å². The Kier molecular flexibility index (Phi) is 8.80. The molecule has 4 aromatic rings. The summed E-state index contributed by atoms with van der Waals surface area (Å²) in [6.45, 7) is 4.00. The molecule has 196 valence electrons. The number of nitrogens with one attached hydrogen (secondary N) is 1. The molecule has 4 nitrogen and oxygen atoms in total. The Bertz CT molecular complexity index is 1430. The Labute approximate surface area is 227 Å². The molecule has 6 heteroatoms. The van der Waals surface area contributed by atoms with Crippen molar-refractivity contribution < 1.29 is 19.1 Å². The van der Waals surface area contributed by atoms with Crippen LogP contribution in [-0.4, -0.2) is 23.5 Å². The summed E-state index contributed by atoms with van der Waals surface area (Å²) >= 11 is 6.22. The van der Waals surface area contributed by atoms with Crippen LogP contribution in [0.2, 0.25) is 5.02 Å². The zero-order valence-electron chi connectivity index (χ0n) is 21.5. The van der Waals surface area contributed by atoms with Gasteiger partial charge in [0.05, 0.1) is 6.42 Å². The van der Waals surface area contributed by atoms with Crippen LogP contribution >= 0.6 is 11.6 Å². The highest BCUT2D eigenvalue weighted by Crippen LogP contribution is 2.42. The number of carboxylic acid groups (broad SMARTS) is 1. The summed E-state index contributed by atoms with van der Waals surface area (Å²) in [5.41, 5.74) is 4.38. The average molecular weight is 532 g/mol. The van der Waals surface area contributed by atoms with Gasteiger partial charge in [-0.1, -0.05) is 79.5 Å². The third-order valence-electron chi connectivity index (χ3n) is 6.99. The number of aliphatic carboxylic acids is 1. The number of carboxylic acids is 1. The average Bonchev–Trinajstić information content (AvgIpc) is 2.91. The van der Waals surface area contributed by atoms with E-state index in [0.717, 1.165) is 34.9 Å². The summed E-state index contributed by atoms with van der Waals surface area (Å²) in [7, 11) is 0. The van der Waals surface area contributed by atoms with Crippen LogP contribution in [0.3, 0.4) is 0 Å². The molecule has 0 aliphatic heterocycles. The molecule has 0 saturated heterocycles. The number of benzene rings is 4. The second-order valence-corrected chi connectivity index (χ2v) is 10.1. The second-order valence-electron chi connectivity index (χ2n) is 9.62. The fourth-order valence-corrected chi connectivity index (χ4v) is 5.17. The Balaban J connectivity index is 1.73. The van der Waals surface area contributed by atoms with Gasteiger partial charge in [-0.3, -0.25) is 9.59 Å². The SMILES string of the molecule is CCCC(c1ccc(C(=O)NCCC(=O)O)cc1)C(c1ccc(Cl)cc1)c1ccc2c(F)c(C)ccc2c1. The highest BCUT2D eigenvalue weighted by molar-refractivity contribution is 6.30. The van der Waals surface area contributed by atoms with Crippen molar-refractivity contribution in [3.05, 3.63) is 118 Å². The van der Waals surface area contributed by atoms with Crippen LogP contribution < -0.4 is 5.32 Å². The summed E-state index contributed by atoms with van der Waals surface area (Å²) in [6, 6.07) is 25.1. The van der Waals surface area contributed by atoms with Gasteiger partial charge in [-0.05, 0) is 71.2 Å². The van der Waals surface area contributed by atoms with Gasteiger partial charge in [0.25, 0.3) is 5.91 Å². The maximum absolute atomic E-state index is 14.8. The fourth-order valence-electron chi connectivity index (χ4n) is 5.04. The number of fused-ring (bicyclic) bond motifs is 1. The molecule has 0 heterocycles. The van der Waals surface area contributed by atoms with Crippen LogP contribution in [0, 0.1) is 12.7 Å². The first-order valence-corrected chi connectivity index (χ1v) is 13.2. The molecule has 1 amide bonds. The molecule has 0 spiro atoms. The van der Waals surface area contributed by atoms with E-state index in [-0.39, 0.29) is 36.5 Å². The van der Waals surface area contributed by atoms with E-state index in [1.54, 1.807) is 19.1 Å². The van der Waals surface area contributed by atoms with Crippen LogP contribution in [-0.2, 0) is 4.79 Å². The number of carbonyl (C=O) groups is 2. The minimum absolute atomic E-state index is 0.0174. The van der Waals surface area contributed by atoms with Gasteiger partial charge in [-0.2, -0.15) is 0 Å². The Morgan fingerprint density at radius 1 is 0.921 bits per heavy atom. The van der Waals surface area contributed by atoms with E-state index < -0.39 is 5.97 Å². The molecule has 2 unspecified atom stereocenters. The summed E-state index contributed by atoms with van der Waals surface area (Å²) in [4.78, 5) is 23.2. The summed E-state index contributed by atoms with van der Waals surface area (Å²) < 4.78 is 14.8. The molecule has 0 saturated carbocycles. The Hall–Kier alpha value is -3.70. The van der Waals surface area contributed by atoms with Crippen LogP contribution in [0.5, 0.6) is 0 Å². The lowest BCUT2D eigenvalue weighted by atomic mass is 9.74. The number of carbonyl (C=O) groups excluding carboxylic acids is 1. The lowest BCUT2D eigenvalue weighted by molar-refractivity contribution is -0.136. The van der Waals surface area contributed by atoms with Crippen LogP contribution in [0.15, 0.2) is 78.9 Å². The van der Waals surface area contributed by atoms with E-state index in [9.17, 15) is 14.0 Å². The van der Waals surface area contributed by atoms with E-state index in [1.807, 2.05) is 60.7 Å². The lowest BCUT2D eigenvalue weighted by Crippen LogP contribution is -2.26. The third kappa shape index (κ3) is 6.22. The minimum Gasteiger partial charge on any atom is -0.481 e. The Morgan fingerprint density at radius 2 is 1.58 bits per heavy atom. The first kappa shape index (κ1) is 27.3. The van der Waals surface area contributed by atoms with Gasteiger partial charge in [-0.15, -0.1) is 0 Å². The number of halogens is 2. The van der Waals surface area contributed by atoms with Crippen molar-refractivity contribution in [2.75, 3.05) is 6.54 Å². The lowest BCUT2D eigenvalue weighted by Gasteiger charge is -2.29.